The van der Waals surface area contributed by atoms with Gasteiger partial charge in [-0.15, -0.1) is 13.2 Å². The number of fused-ring (bicyclic) bond motifs is 3. The fourth-order valence-electron chi connectivity index (χ4n) is 3.92. The predicted octanol–water partition coefficient (Wildman–Crippen LogP) is 5.11. The monoisotopic (exact) mass is 515 g/mol. The molecular formula is C28H42N3O4P. The van der Waals surface area contributed by atoms with Gasteiger partial charge in [0.25, 0.3) is 0 Å². The molecule has 2 amide bonds. The first-order chi connectivity index (χ1) is 17.4. The molecule has 8 heteroatoms. The number of benzene rings is 2. The average Bonchev–Trinajstić information content (AvgIpc) is 3.23. The number of ether oxygens (including phenoxy) is 1. The zero-order valence-electron chi connectivity index (χ0n) is 22.4. The summed E-state index contributed by atoms with van der Waals surface area (Å²) >= 11 is 0. The van der Waals surface area contributed by atoms with E-state index in [0.29, 0.717) is 12.8 Å². The molecule has 7 nitrogen and oxygen atoms in total. The predicted molar refractivity (Wildman–Crippen MR) is 150 cm³/mol. The van der Waals surface area contributed by atoms with E-state index in [9.17, 15) is 9.59 Å². The molecule has 0 saturated heterocycles. The molecule has 0 aliphatic heterocycles. The Balaban J connectivity index is 0.00000154. The minimum atomic E-state index is -0.534. The smallest absolute Gasteiger partial charge is 0.407 e. The molecule has 36 heavy (non-hydrogen) atoms. The van der Waals surface area contributed by atoms with Gasteiger partial charge < -0.3 is 20.1 Å². The van der Waals surface area contributed by atoms with Crippen molar-refractivity contribution in [1.29, 1.82) is 0 Å². The molecule has 0 bridgehead atoms. The lowest BCUT2D eigenvalue weighted by molar-refractivity contribution is -0.128. The molecule has 0 aromatic heterocycles. The highest BCUT2D eigenvalue weighted by Gasteiger charge is 2.29. The molecule has 0 spiro atoms. The molecule has 1 atom stereocenters. The molecule has 1 aliphatic rings. The number of hydrogen-bond acceptors (Lipinski definition) is 5. The Hall–Kier alpha value is -2.73. The topological polar surface area (TPSA) is 82.1 Å². The van der Waals surface area contributed by atoms with Gasteiger partial charge in [-0.3, -0.25) is 9.46 Å². The van der Waals surface area contributed by atoms with Gasteiger partial charge in [-0.05, 0) is 44.0 Å². The summed E-state index contributed by atoms with van der Waals surface area (Å²) in [4.78, 5) is 26.3. The molecule has 2 N–H and O–H groups in total. The summed E-state index contributed by atoms with van der Waals surface area (Å²) in [5, 5.41) is 11.7. The van der Waals surface area contributed by atoms with Crippen LogP contribution in [0.15, 0.2) is 61.7 Å². The quantitative estimate of drug-likeness (QED) is 0.340. The second kappa shape index (κ2) is 16.9. The van der Waals surface area contributed by atoms with Crippen molar-refractivity contribution in [3.63, 3.8) is 0 Å². The molecule has 0 radical (unpaired) electrons. The van der Waals surface area contributed by atoms with E-state index >= 15 is 0 Å². The number of aliphatic hydroxyl groups excluding tert-OH is 1. The van der Waals surface area contributed by atoms with Crippen molar-refractivity contribution in [3.8, 4) is 11.1 Å². The summed E-state index contributed by atoms with van der Waals surface area (Å²) in [5.74, 6) is -0.0173. The van der Waals surface area contributed by atoms with Gasteiger partial charge in [0, 0.05) is 32.5 Å². The van der Waals surface area contributed by atoms with Crippen LogP contribution in [0.3, 0.4) is 0 Å². The van der Waals surface area contributed by atoms with E-state index in [0.717, 1.165) is 0 Å². The number of hydrogen-bond donors (Lipinski definition) is 2. The third-order valence-corrected chi connectivity index (χ3v) is 8.00. The zero-order chi connectivity index (χ0) is 27.1. The van der Waals surface area contributed by atoms with E-state index in [1.54, 1.807) is 11.9 Å². The van der Waals surface area contributed by atoms with Crippen molar-refractivity contribution in [2.45, 2.75) is 26.2 Å². The van der Waals surface area contributed by atoms with E-state index in [2.05, 4.69) is 54.1 Å². The third-order valence-electron chi connectivity index (χ3n) is 5.80. The Labute approximate surface area is 218 Å². The largest absolute Gasteiger partial charge is 0.449 e. The number of rotatable bonds is 10. The van der Waals surface area contributed by atoms with Crippen LogP contribution in [0, 0.1) is 0 Å². The number of alkyl carbamates (subject to hydrolysis) is 1. The Kier molecular flexibility index (Phi) is 14.7. The molecule has 2 aromatic rings. The molecule has 1 unspecified atom stereocenters. The molecular weight excluding hydrogens is 473 g/mol. The van der Waals surface area contributed by atoms with E-state index in [1.807, 2.05) is 45.2 Å². The van der Waals surface area contributed by atoms with Gasteiger partial charge in [0.1, 0.15) is 6.61 Å². The summed E-state index contributed by atoms with van der Waals surface area (Å²) in [6.07, 6.45) is 0.325. The number of carbonyl (C=O) groups is 2. The molecule has 198 valence electrons. The molecule has 0 heterocycles. The van der Waals surface area contributed by atoms with Gasteiger partial charge >= 0.3 is 6.09 Å². The van der Waals surface area contributed by atoms with Gasteiger partial charge in [-0.1, -0.05) is 62.4 Å². The number of amides is 2. The van der Waals surface area contributed by atoms with Gasteiger partial charge in [0.15, 0.2) is 0 Å². The van der Waals surface area contributed by atoms with Crippen molar-refractivity contribution in [2.75, 3.05) is 53.3 Å². The number of nitrogens with zero attached hydrogens (tertiary/aromatic N) is 2. The van der Waals surface area contributed by atoms with Crippen LogP contribution in [0.1, 0.15) is 37.3 Å². The molecule has 2 aromatic carbocycles. The second-order valence-corrected chi connectivity index (χ2v) is 10.3. The minimum Gasteiger partial charge on any atom is -0.449 e. The highest BCUT2D eigenvalue weighted by atomic mass is 31.1. The summed E-state index contributed by atoms with van der Waals surface area (Å²) in [7, 11) is 3.17. The molecule has 0 fully saturated rings. The summed E-state index contributed by atoms with van der Waals surface area (Å²) in [6, 6.07) is 16.4. The maximum Gasteiger partial charge on any atom is 0.407 e. The normalized spacial score (nSPS) is 12.2. The van der Waals surface area contributed by atoms with Crippen LogP contribution in [0.5, 0.6) is 0 Å². The Morgan fingerprint density at radius 1 is 1.03 bits per heavy atom. The van der Waals surface area contributed by atoms with Gasteiger partial charge in [0.05, 0.1) is 12.9 Å². The van der Waals surface area contributed by atoms with Crippen molar-refractivity contribution in [3.05, 3.63) is 72.8 Å². The summed E-state index contributed by atoms with van der Waals surface area (Å²) < 4.78 is 7.57. The van der Waals surface area contributed by atoms with E-state index < -0.39 is 14.2 Å². The number of carbonyl (C=O) groups excluding carboxylic acids is 2. The third kappa shape index (κ3) is 8.74. The van der Waals surface area contributed by atoms with E-state index in [4.69, 9.17) is 9.84 Å². The highest BCUT2D eigenvalue weighted by molar-refractivity contribution is 7.54. The van der Waals surface area contributed by atoms with E-state index in [1.165, 1.54) is 22.3 Å². The van der Waals surface area contributed by atoms with Crippen LogP contribution in [0.4, 0.5) is 4.79 Å². The highest BCUT2D eigenvalue weighted by Crippen LogP contribution is 2.44. The lowest BCUT2D eigenvalue weighted by Gasteiger charge is -2.28. The van der Waals surface area contributed by atoms with Crippen molar-refractivity contribution >= 4 is 20.1 Å². The van der Waals surface area contributed by atoms with Gasteiger partial charge in [-0.2, -0.15) is 0 Å². The SMILES string of the molecule is C=C.CC.CN(CP(C)N(C)CCO)C(=O)CCNC(=O)OCC1c2ccccc2-c2ccccc21. The van der Waals surface area contributed by atoms with Crippen molar-refractivity contribution in [2.24, 2.45) is 0 Å². The van der Waals surface area contributed by atoms with Crippen LogP contribution in [0.25, 0.3) is 11.1 Å². The van der Waals surface area contributed by atoms with Crippen LogP contribution in [-0.4, -0.2) is 80.0 Å². The van der Waals surface area contributed by atoms with E-state index in [-0.39, 0.29) is 38.0 Å². The maximum atomic E-state index is 12.4. The van der Waals surface area contributed by atoms with Gasteiger partial charge in [-0.25, -0.2) is 4.79 Å². The minimum absolute atomic E-state index is 0.0145. The summed E-state index contributed by atoms with van der Waals surface area (Å²) in [5.41, 5.74) is 4.71. The lowest BCUT2D eigenvalue weighted by atomic mass is 9.98. The molecule has 1 aliphatic carbocycles. The van der Waals surface area contributed by atoms with Crippen LogP contribution < -0.4 is 5.32 Å². The van der Waals surface area contributed by atoms with Crippen LogP contribution in [0.2, 0.25) is 0 Å². The first-order valence-corrected chi connectivity index (χ1v) is 14.2. The molecule has 0 saturated carbocycles. The fraction of sp³-hybridized carbons (Fsp3) is 0.429. The van der Waals surface area contributed by atoms with Crippen molar-refractivity contribution < 1.29 is 19.4 Å². The first-order valence-electron chi connectivity index (χ1n) is 12.3. The standard InChI is InChI=1S/C24H32N3O4P.C2H6.C2H4/c1-26(17-32(3)27(2)14-15-28)23(29)12-13-25-24(30)31-16-22-20-10-6-4-8-18(20)19-9-5-7-11-21(19)22;2*1-2/h4-11,22,28H,12-17H2,1-3H3,(H,25,30);1-2H3;1-2H2. The lowest BCUT2D eigenvalue weighted by Crippen LogP contribution is -2.34. The van der Waals surface area contributed by atoms with Crippen LogP contribution in [-0.2, 0) is 9.53 Å². The van der Waals surface area contributed by atoms with Gasteiger partial charge in [0.2, 0.25) is 5.91 Å². The summed E-state index contributed by atoms with van der Waals surface area (Å²) in [6.45, 7) is 13.3. The maximum absolute atomic E-state index is 12.4. The Morgan fingerprint density at radius 2 is 1.56 bits per heavy atom. The van der Waals surface area contributed by atoms with Crippen molar-refractivity contribution in [1.82, 2.24) is 14.9 Å². The Bertz CT molecular complexity index is 910. The Morgan fingerprint density at radius 3 is 2.08 bits per heavy atom. The second-order valence-electron chi connectivity index (χ2n) is 8.00. The molecule has 3 rings (SSSR count). The average molecular weight is 516 g/mol. The number of likely N-dealkylation sites (N-methyl/N-ethyl adjacent to an activating group) is 1. The fourth-order valence-corrected chi connectivity index (χ4v) is 5.34. The number of nitrogens with one attached hydrogen (secondary N) is 1. The first kappa shape index (κ1) is 31.3. The van der Waals surface area contributed by atoms with Crippen LogP contribution >= 0.6 is 8.07 Å². The zero-order valence-corrected chi connectivity index (χ0v) is 23.3. The number of aliphatic hydroxyl groups is 1.